The van der Waals surface area contributed by atoms with Crippen molar-refractivity contribution in [2.75, 3.05) is 0 Å². The number of aromatic hydroxyl groups is 1. The van der Waals surface area contributed by atoms with E-state index in [0.29, 0.717) is 22.8 Å². The molecule has 0 saturated heterocycles. The first-order valence-corrected chi connectivity index (χ1v) is 7.01. The fourth-order valence-corrected chi connectivity index (χ4v) is 3.11. The number of phenols is 1. The summed E-state index contributed by atoms with van der Waals surface area (Å²) in [6.07, 6.45) is 8.60. The average molecular weight is 291 g/mol. The smallest absolute Gasteiger partial charge is 0.275 e. The summed E-state index contributed by atoms with van der Waals surface area (Å²) in [5.74, 6) is 1.06. The molecule has 2 aliphatic rings. The molecule has 3 atom stereocenters. The van der Waals surface area contributed by atoms with Crippen LogP contribution in [0.25, 0.3) is 0 Å². The van der Waals surface area contributed by atoms with Crippen molar-refractivity contribution in [1.29, 1.82) is 0 Å². The second kappa shape index (κ2) is 5.29. The third-order valence-corrected chi connectivity index (χ3v) is 4.20. The highest BCUT2D eigenvalue weighted by Gasteiger charge is 2.34. The molecule has 20 heavy (non-hydrogen) atoms. The van der Waals surface area contributed by atoms with Gasteiger partial charge in [0.25, 0.3) is 5.91 Å². The van der Waals surface area contributed by atoms with Crippen LogP contribution in [0.4, 0.5) is 0 Å². The summed E-state index contributed by atoms with van der Waals surface area (Å²) < 4.78 is 0. The van der Waals surface area contributed by atoms with Crippen LogP contribution in [0.15, 0.2) is 35.5 Å². The normalized spacial score (nSPS) is 27.4. The molecule has 2 bridgehead atoms. The molecule has 0 spiro atoms. The molecule has 0 aliphatic heterocycles. The number of rotatable bonds is 3. The molecule has 0 unspecified atom stereocenters. The fourth-order valence-electron chi connectivity index (χ4n) is 2.94. The molecule has 1 fully saturated rings. The lowest BCUT2D eigenvalue weighted by Crippen LogP contribution is -2.19. The van der Waals surface area contributed by atoms with Gasteiger partial charge >= 0.3 is 0 Å². The largest absolute Gasteiger partial charge is 0.507 e. The van der Waals surface area contributed by atoms with E-state index in [1.807, 2.05) is 0 Å². The molecule has 1 aromatic carbocycles. The molecule has 1 saturated carbocycles. The SMILES string of the molecule is O=C(N/N=C\[C@H]1C[C@@H]2C=C[C@H]1C2)c1ccc(Cl)cc1O. The van der Waals surface area contributed by atoms with Gasteiger partial charge < -0.3 is 5.11 Å². The van der Waals surface area contributed by atoms with Crippen molar-refractivity contribution in [2.45, 2.75) is 12.8 Å². The fraction of sp³-hybridized carbons (Fsp3) is 0.333. The lowest BCUT2D eigenvalue weighted by molar-refractivity contribution is 0.0952. The van der Waals surface area contributed by atoms with Crippen LogP contribution in [-0.2, 0) is 0 Å². The number of nitrogens with zero attached hydrogens (tertiary/aromatic N) is 1. The number of carbonyl (C=O) groups is 1. The maximum Gasteiger partial charge on any atom is 0.275 e. The molecule has 104 valence electrons. The number of hydrazone groups is 1. The van der Waals surface area contributed by atoms with Gasteiger partial charge in [0.15, 0.2) is 0 Å². The minimum absolute atomic E-state index is 0.145. The Labute approximate surface area is 122 Å². The molecule has 0 aromatic heterocycles. The summed E-state index contributed by atoms with van der Waals surface area (Å²) in [7, 11) is 0. The van der Waals surface area contributed by atoms with E-state index in [0.717, 1.165) is 6.42 Å². The summed E-state index contributed by atoms with van der Waals surface area (Å²) in [5.41, 5.74) is 2.62. The minimum Gasteiger partial charge on any atom is -0.507 e. The highest BCUT2D eigenvalue weighted by molar-refractivity contribution is 6.30. The van der Waals surface area contributed by atoms with Crippen LogP contribution in [-0.4, -0.2) is 17.2 Å². The Morgan fingerprint density at radius 3 is 2.90 bits per heavy atom. The number of benzene rings is 1. The van der Waals surface area contributed by atoms with Crippen molar-refractivity contribution in [3.05, 3.63) is 40.9 Å². The second-order valence-corrected chi connectivity index (χ2v) is 5.76. The molecule has 0 heterocycles. The maximum absolute atomic E-state index is 11.9. The Bertz CT molecular complexity index is 598. The van der Waals surface area contributed by atoms with Gasteiger partial charge in [-0.3, -0.25) is 4.79 Å². The van der Waals surface area contributed by atoms with Crippen molar-refractivity contribution >= 4 is 23.7 Å². The average Bonchev–Trinajstić information content (AvgIpc) is 3.00. The van der Waals surface area contributed by atoms with Gasteiger partial charge in [0.2, 0.25) is 0 Å². The first-order valence-electron chi connectivity index (χ1n) is 6.64. The zero-order chi connectivity index (χ0) is 14.1. The number of hydrogen-bond acceptors (Lipinski definition) is 3. The quantitative estimate of drug-likeness (QED) is 0.511. The van der Waals surface area contributed by atoms with E-state index in [1.54, 1.807) is 12.3 Å². The van der Waals surface area contributed by atoms with Crippen LogP contribution in [0.5, 0.6) is 5.75 Å². The number of amides is 1. The van der Waals surface area contributed by atoms with Gasteiger partial charge in [-0.05, 0) is 42.9 Å². The third kappa shape index (κ3) is 2.56. The Balaban J connectivity index is 1.60. The van der Waals surface area contributed by atoms with E-state index in [4.69, 9.17) is 11.6 Å². The molecule has 2 aliphatic carbocycles. The van der Waals surface area contributed by atoms with E-state index in [2.05, 4.69) is 22.7 Å². The maximum atomic E-state index is 11.9. The lowest BCUT2D eigenvalue weighted by atomic mass is 9.95. The minimum atomic E-state index is -0.436. The van der Waals surface area contributed by atoms with E-state index >= 15 is 0 Å². The van der Waals surface area contributed by atoms with Crippen LogP contribution < -0.4 is 5.43 Å². The topological polar surface area (TPSA) is 61.7 Å². The van der Waals surface area contributed by atoms with Crippen molar-refractivity contribution < 1.29 is 9.90 Å². The first-order chi connectivity index (χ1) is 9.63. The first kappa shape index (κ1) is 13.2. The number of hydrogen-bond donors (Lipinski definition) is 2. The zero-order valence-corrected chi connectivity index (χ0v) is 11.5. The Kier molecular flexibility index (Phi) is 3.49. The highest BCUT2D eigenvalue weighted by atomic mass is 35.5. The molecule has 4 nitrogen and oxygen atoms in total. The summed E-state index contributed by atoms with van der Waals surface area (Å²) in [6.45, 7) is 0. The van der Waals surface area contributed by atoms with E-state index < -0.39 is 5.91 Å². The zero-order valence-electron chi connectivity index (χ0n) is 10.8. The number of allylic oxidation sites excluding steroid dienone is 2. The van der Waals surface area contributed by atoms with Gasteiger partial charge in [-0.15, -0.1) is 0 Å². The van der Waals surface area contributed by atoms with Crippen LogP contribution in [0.2, 0.25) is 5.02 Å². The number of fused-ring (bicyclic) bond motifs is 2. The molecule has 5 heteroatoms. The van der Waals surface area contributed by atoms with E-state index in [9.17, 15) is 9.90 Å². The lowest BCUT2D eigenvalue weighted by Gasteiger charge is -2.12. The van der Waals surface area contributed by atoms with E-state index in [-0.39, 0.29) is 11.3 Å². The molecule has 1 aromatic rings. The van der Waals surface area contributed by atoms with Crippen LogP contribution in [0, 0.1) is 17.8 Å². The molecule has 2 N–H and O–H groups in total. The van der Waals surface area contributed by atoms with Gasteiger partial charge in [0, 0.05) is 17.2 Å². The van der Waals surface area contributed by atoms with Crippen LogP contribution in [0.1, 0.15) is 23.2 Å². The summed E-state index contributed by atoms with van der Waals surface area (Å²) in [5, 5.41) is 14.0. The summed E-state index contributed by atoms with van der Waals surface area (Å²) in [6, 6.07) is 4.37. The van der Waals surface area contributed by atoms with Crippen molar-refractivity contribution in [3.63, 3.8) is 0 Å². The Morgan fingerprint density at radius 2 is 2.25 bits per heavy atom. The molecular formula is C15H15ClN2O2. The predicted molar refractivity (Wildman–Crippen MR) is 77.9 cm³/mol. The molecule has 1 amide bonds. The summed E-state index contributed by atoms with van der Waals surface area (Å²) >= 11 is 5.72. The molecule has 0 radical (unpaired) electrons. The number of phenolic OH excluding ortho intramolecular Hbond substituents is 1. The Hall–Kier alpha value is -1.81. The highest BCUT2D eigenvalue weighted by Crippen LogP contribution is 2.42. The van der Waals surface area contributed by atoms with Gasteiger partial charge in [0.05, 0.1) is 5.56 Å². The number of carbonyl (C=O) groups excluding carboxylic acids is 1. The number of halogens is 1. The van der Waals surface area contributed by atoms with Crippen molar-refractivity contribution in [3.8, 4) is 5.75 Å². The molecular weight excluding hydrogens is 276 g/mol. The van der Waals surface area contributed by atoms with Gasteiger partial charge in [-0.1, -0.05) is 23.8 Å². The van der Waals surface area contributed by atoms with Crippen molar-refractivity contribution in [1.82, 2.24) is 5.43 Å². The van der Waals surface area contributed by atoms with Gasteiger partial charge in [-0.2, -0.15) is 5.10 Å². The van der Waals surface area contributed by atoms with Gasteiger partial charge in [-0.25, -0.2) is 5.43 Å². The second-order valence-electron chi connectivity index (χ2n) is 5.32. The number of nitrogens with one attached hydrogen (secondary N) is 1. The van der Waals surface area contributed by atoms with Gasteiger partial charge in [0.1, 0.15) is 5.75 Å². The predicted octanol–water partition coefficient (Wildman–Crippen LogP) is 2.97. The van der Waals surface area contributed by atoms with Crippen LogP contribution in [0.3, 0.4) is 0 Å². The Morgan fingerprint density at radius 1 is 1.40 bits per heavy atom. The van der Waals surface area contributed by atoms with E-state index in [1.165, 1.54) is 18.6 Å². The van der Waals surface area contributed by atoms with Crippen molar-refractivity contribution in [2.24, 2.45) is 22.9 Å². The third-order valence-electron chi connectivity index (χ3n) is 3.97. The standard InChI is InChI=1S/C15H15ClN2O2/c16-12-3-4-13(14(19)7-12)15(20)18-17-8-11-6-9-1-2-10(11)5-9/h1-4,7-11,19H,5-6H2,(H,18,20)/b17-8-/t9-,10+,11-/m1/s1. The monoisotopic (exact) mass is 290 g/mol. The van der Waals surface area contributed by atoms with Crippen LogP contribution >= 0.6 is 11.6 Å². The molecule has 3 rings (SSSR count). The summed E-state index contributed by atoms with van der Waals surface area (Å²) in [4.78, 5) is 11.9.